The molecule has 0 spiro atoms. The average Bonchev–Trinajstić information content (AvgIpc) is 2.85. The second kappa shape index (κ2) is 9.39. The summed E-state index contributed by atoms with van der Waals surface area (Å²) in [7, 11) is 0. The van der Waals surface area contributed by atoms with Crippen LogP contribution in [0.2, 0.25) is 0 Å². The van der Waals surface area contributed by atoms with Gasteiger partial charge in [-0.3, -0.25) is 9.69 Å². The zero-order valence-electron chi connectivity index (χ0n) is 19.1. The van der Waals surface area contributed by atoms with Gasteiger partial charge >= 0.3 is 5.97 Å². The summed E-state index contributed by atoms with van der Waals surface area (Å²) in [5, 5.41) is 3.08. The summed E-state index contributed by atoms with van der Waals surface area (Å²) in [6.07, 6.45) is 5.08. The molecule has 3 aliphatic rings. The minimum atomic E-state index is -0.278. The first kappa shape index (κ1) is 21.7. The number of pyridine rings is 1. The number of fused-ring (bicyclic) bond motifs is 3. The third-order valence-corrected chi connectivity index (χ3v) is 6.78. The molecule has 0 saturated carbocycles. The van der Waals surface area contributed by atoms with E-state index in [1.807, 2.05) is 37.4 Å². The molecular weight excluding hydrogens is 418 g/mol. The van der Waals surface area contributed by atoms with Gasteiger partial charge in [0, 0.05) is 51.2 Å². The average molecular weight is 450 g/mol. The molecule has 2 aromatic rings. The molecule has 0 aliphatic carbocycles. The maximum absolute atomic E-state index is 12.5. The Kier molecular flexibility index (Phi) is 6.17. The van der Waals surface area contributed by atoms with Crippen LogP contribution in [0.5, 0.6) is 0 Å². The van der Waals surface area contributed by atoms with Crippen LogP contribution < -0.4 is 15.1 Å². The highest BCUT2D eigenvalue weighted by Crippen LogP contribution is 2.34. The van der Waals surface area contributed by atoms with Gasteiger partial charge in [-0.1, -0.05) is 0 Å². The first-order chi connectivity index (χ1) is 16.1. The first-order valence-electron chi connectivity index (χ1n) is 11.9. The molecule has 174 valence electrons. The van der Waals surface area contributed by atoms with Gasteiger partial charge in [0.25, 0.3) is 0 Å². The number of ether oxygens (including phenoxy) is 1. The Morgan fingerprint density at radius 3 is 2.67 bits per heavy atom. The zero-order chi connectivity index (χ0) is 22.8. The van der Waals surface area contributed by atoms with Gasteiger partial charge in [-0.15, -0.1) is 0 Å². The second-order valence-corrected chi connectivity index (χ2v) is 8.94. The van der Waals surface area contributed by atoms with Crippen molar-refractivity contribution in [2.24, 2.45) is 0 Å². The Hall–Kier alpha value is -3.13. The van der Waals surface area contributed by atoms with E-state index in [0.29, 0.717) is 12.2 Å². The number of nitrogens with one attached hydrogen (secondary N) is 1. The van der Waals surface area contributed by atoms with E-state index in [-0.39, 0.29) is 17.9 Å². The molecule has 5 rings (SSSR count). The van der Waals surface area contributed by atoms with Crippen LogP contribution in [-0.4, -0.2) is 67.1 Å². The van der Waals surface area contributed by atoms with Gasteiger partial charge in [0.05, 0.1) is 17.9 Å². The molecule has 2 fully saturated rings. The molecule has 1 amide bonds. The number of hydrogen-bond acceptors (Lipinski definition) is 7. The summed E-state index contributed by atoms with van der Waals surface area (Å²) in [5.74, 6) is 0.738. The highest BCUT2D eigenvalue weighted by Gasteiger charge is 2.35. The van der Waals surface area contributed by atoms with E-state index < -0.39 is 0 Å². The number of esters is 1. The topological polar surface area (TPSA) is 78.0 Å². The zero-order valence-corrected chi connectivity index (χ0v) is 19.1. The van der Waals surface area contributed by atoms with Gasteiger partial charge in [0.15, 0.2) is 5.82 Å². The van der Waals surface area contributed by atoms with Gasteiger partial charge in [-0.05, 0) is 62.1 Å². The van der Waals surface area contributed by atoms with Crippen molar-refractivity contribution >= 4 is 29.1 Å². The number of anilines is 3. The SMILES string of the molecule is CCOC(=O)c1ccc(N2CCN(Cc3cnc4c(c3)NC(=O)[C@@H]3CCCCN43)CC2)cc1. The molecule has 8 nitrogen and oxygen atoms in total. The van der Waals surface area contributed by atoms with E-state index in [1.54, 1.807) is 0 Å². The van der Waals surface area contributed by atoms with E-state index in [4.69, 9.17) is 9.72 Å². The highest BCUT2D eigenvalue weighted by molar-refractivity contribution is 6.02. The van der Waals surface area contributed by atoms with Crippen molar-refractivity contribution in [2.75, 3.05) is 54.4 Å². The lowest BCUT2D eigenvalue weighted by atomic mass is 9.99. The summed E-state index contributed by atoms with van der Waals surface area (Å²) in [4.78, 5) is 36.1. The standard InChI is InChI=1S/C25H31N5O3/c1-2-33-25(32)19-6-8-20(9-7-19)29-13-11-28(12-14-29)17-18-15-21-23(26-16-18)30-10-4-3-5-22(30)24(31)27-21/h6-9,15-16,22H,2-5,10-14,17H2,1H3,(H,27,31)/t22-/m0/s1. The highest BCUT2D eigenvalue weighted by atomic mass is 16.5. The number of piperidine rings is 1. The van der Waals surface area contributed by atoms with Gasteiger partial charge < -0.3 is 19.9 Å². The maximum Gasteiger partial charge on any atom is 0.338 e. The fourth-order valence-corrected chi connectivity index (χ4v) is 5.03. The fourth-order valence-electron chi connectivity index (χ4n) is 5.03. The normalized spacial score (nSPS) is 20.6. The van der Waals surface area contributed by atoms with Crippen LogP contribution in [0.4, 0.5) is 17.2 Å². The Labute approximate surface area is 194 Å². The summed E-state index contributed by atoms with van der Waals surface area (Å²) >= 11 is 0. The van der Waals surface area contributed by atoms with E-state index in [9.17, 15) is 9.59 Å². The predicted molar refractivity (Wildman–Crippen MR) is 128 cm³/mol. The van der Waals surface area contributed by atoms with Gasteiger partial charge in [-0.25, -0.2) is 9.78 Å². The van der Waals surface area contributed by atoms with Crippen LogP contribution in [0, 0.1) is 0 Å². The van der Waals surface area contributed by atoms with Crippen molar-refractivity contribution in [2.45, 2.75) is 38.8 Å². The van der Waals surface area contributed by atoms with Crippen molar-refractivity contribution < 1.29 is 14.3 Å². The number of carbonyl (C=O) groups excluding carboxylic acids is 2. The molecule has 2 saturated heterocycles. The summed E-state index contributed by atoms with van der Waals surface area (Å²) < 4.78 is 5.06. The molecule has 0 unspecified atom stereocenters. The molecule has 33 heavy (non-hydrogen) atoms. The number of rotatable bonds is 5. The fraction of sp³-hybridized carbons (Fsp3) is 0.480. The monoisotopic (exact) mass is 449 g/mol. The van der Waals surface area contributed by atoms with Crippen molar-refractivity contribution in [3.8, 4) is 0 Å². The van der Waals surface area contributed by atoms with Gasteiger partial charge in [0.2, 0.25) is 5.91 Å². The van der Waals surface area contributed by atoms with Crippen molar-refractivity contribution in [3.63, 3.8) is 0 Å². The van der Waals surface area contributed by atoms with E-state index >= 15 is 0 Å². The number of nitrogens with zero attached hydrogens (tertiary/aromatic N) is 4. The second-order valence-electron chi connectivity index (χ2n) is 8.94. The summed E-state index contributed by atoms with van der Waals surface area (Å²) in [5.41, 5.74) is 3.67. The van der Waals surface area contributed by atoms with Crippen LogP contribution in [0.15, 0.2) is 36.5 Å². The van der Waals surface area contributed by atoms with Gasteiger partial charge in [0.1, 0.15) is 6.04 Å². The summed E-state index contributed by atoms with van der Waals surface area (Å²) in [6.45, 7) is 7.63. The van der Waals surface area contributed by atoms with E-state index in [1.165, 1.54) is 0 Å². The molecule has 8 heteroatoms. The lowest BCUT2D eigenvalue weighted by molar-refractivity contribution is -0.118. The molecule has 0 radical (unpaired) electrons. The minimum absolute atomic E-state index is 0.0657. The molecule has 1 atom stereocenters. The lowest BCUT2D eigenvalue weighted by Crippen LogP contribution is -2.51. The molecule has 1 aromatic carbocycles. The number of carbonyl (C=O) groups is 2. The number of aromatic nitrogens is 1. The molecular formula is C25H31N5O3. The Morgan fingerprint density at radius 2 is 1.91 bits per heavy atom. The third kappa shape index (κ3) is 4.53. The smallest absolute Gasteiger partial charge is 0.338 e. The van der Waals surface area contributed by atoms with Crippen molar-refractivity contribution in [1.82, 2.24) is 9.88 Å². The van der Waals surface area contributed by atoms with Crippen LogP contribution >= 0.6 is 0 Å². The lowest BCUT2D eigenvalue weighted by Gasteiger charge is -2.40. The van der Waals surface area contributed by atoms with Crippen LogP contribution in [0.1, 0.15) is 42.1 Å². The number of piperazine rings is 1. The largest absolute Gasteiger partial charge is 0.462 e. The molecule has 1 N–H and O–H groups in total. The Morgan fingerprint density at radius 1 is 1.12 bits per heavy atom. The van der Waals surface area contributed by atoms with E-state index in [2.05, 4.69) is 26.1 Å². The number of hydrogen-bond donors (Lipinski definition) is 1. The first-order valence-corrected chi connectivity index (χ1v) is 11.9. The quantitative estimate of drug-likeness (QED) is 0.704. The van der Waals surface area contributed by atoms with Crippen LogP contribution in [-0.2, 0) is 16.1 Å². The molecule has 4 heterocycles. The Balaban J connectivity index is 1.18. The van der Waals surface area contributed by atoms with Gasteiger partial charge in [-0.2, -0.15) is 0 Å². The molecule has 1 aromatic heterocycles. The van der Waals surface area contributed by atoms with E-state index in [0.717, 1.165) is 81.3 Å². The van der Waals surface area contributed by atoms with Crippen LogP contribution in [0.25, 0.3) is 0 Å². The Bertz CT molecular complexity index is 1020. The number of benzene rings is 1. The van der Waals surface area contributed by atoms with Crippen molar-refractivity contribution in [3.05, 3.63) is 47.7 Å². The maximum atomic E-state index is 12.5. The van der Waals surface area contributed by atoms with Crippen LogP contribution in [0.3, 0.4) is 0 Å². The minimum Gasteiger partial charge on any atom is -0.462 e. The molecule has 3 aliphatic heterocycles. The predicted octanol–water partition coefficient (Wildman–Crippen LogP) is 2.89. The third-order valence-electron chi connectivity index (χ3n) is 6.78. The molecule has 0 bridgehead atoms. The number of amides is 1. The summed E-state index contributed by atoms with van der Waals surface area (Å²) in [6, 6.07) is 9.67. The van der Waals surface area contributed by atoms with Crippen molar-refractivity contribution in [1.29, 1.82) is 0 Å².